The summed E-state index contributed by atoms with van der Waals surface area (Å²) in [6, 6.07) is 6.71. The second-order valence-corrected chi connectivity index (χ2v) is 5.51. The first-order chi connectivity index (χ1) is 9.49. The molecule has 0 amide bonds. The molecule has 2 rings (SSSR count). The number of hydrogen-bond acceptors (Lipinski definition) is 4. The number of H-pyrrole nitrogens is 1. The van der Waals surface area contributed by atoms with Gasteiger partial charge in [-0.3, -0.25) is 4.57 Å². The maximum atomic E-state index is 11.6. The highest BCUT2D eigenvalue weighted by Crippen LogP contribution is 2.21. The lowest BCUT2D eigenvalue weighted by molar-refractivity contribution is 0.0697. The van der Waals surface area contributed by atoms with E-state index in [1.807, 2.05) is 13.8 Å². The van der Waals surface area contributed by atoms with Crippen molar-refractivity contribution >= 4 is 17.7 Å². The lowest BCUT2D eigenvalue weighted by Gasteiger charge is -2.08. The van der Waals surface area contributed by atoms with Crippen molar-refractivity contribution < 1.29 is 9.90 Å². The number of aromatic nitrogens is 3. The van der Waals surface area contributed by atoms with E-state index < -0.39 is 5.97 Å². The van der Waals surface area contributed by atoms with Gasteiger partial charge in [-0.1, -0.05) is 23.9 Å². The van der Waals surface area contributed by atoms with Crippen LogP contribution >= 0.6 is 11.8 Å². The van der Waals surface area contributed by atoms with E-state index >= 15 is 0 Å². The molecule has 0 aliphatic heterocycles. The molecule has 1 aromatic carbocycles. The second kappa shape index (κ2) is 5.96. The highest BCUT2D eigenvalue weighted by Gasteiger charge is 2.11. The standard InChI is InChI=1S/C13H15N3O3S/c1-8(2)16-12(19)14-15-13(16)20-7-9-3-5-10(6-4-9)11(17)18/h3-6,8H,7H2,1-2H3,(H,14,19)(H,17,18). The molecule has 1 heterocycles. The van der Waals surface area contributed by atoms with Gasteiger partial charge < -0.3 is 5.11 Å². The van der Waals surface area contributed by atoms with E-state index in [1.165, 1.54) is 11.8 Å². The average molecular weight is 293 g/mol. The summed E-state index contributed by atoms with van der Waals surface area (Å²) in [7, 11) is 0. The fourth-order valence-corrected chi connectivity index (χ4v) is 2.77. The van der Waals surface area contributed by atoms with E-state index in [9.17, 15) is 9.59 Å². The van der Waals surface area contributed by atoms with Crippen LogP contribution in [0.5, 0.6) is 0 Å². The van der Waals surface area contributed by atoms with E-state index in [-0.39, 0.29) is 17.3 Å². The first kappa shape index (κ1) is 14.4. The number of aromatic carboxylic acids is 1. The normalized spacial score (nSPS) is 10.9. The van der Waals surface area contributed by atoms with Crippen molar-refractivity contribution in [3.63, 3.8) is 0 Å². The zero-order valence-electron chi connectivity index (χ0n) is 11.2. The number of thioether (sulfide) groups is 1. The minimum atomic E-state index is -0.940. The minimum Gasteiger partial charge on any atom is -0.478 e. The van der Waals surface area contributed by atoms with Crippen LogP contribution in [0.1, 0.15) is 35.8 Å². The Morgan fingerprint density at radius 3 is 2.60 bits per heavy atom. The third-order valence-corrected chi connectivity index (χ3v) is 3.78. The fourth-order valence-electron chi connectivity index (χ4n) is 1.74. The molecule has 1 aromatic heterocycles. The van der Waals surface area contributed by atoms with Crippen LogP contribution in [-0.4, -0.2) is 25.8 Å². The first-order valence-corrected chi connectivity index (χ1v) is 7.09. The van der Waals surface area contributed by atoms with Crippen LogP contribution in [0.3, 0.4) is 0 Å². The van der Waals surface area contributed by atoms with Crippen molar-refractivity contribution in [2.45, 2.75) is 30.8 Å². The largest absolute Gasteiger partial charge is 0.478 e. The molecule has 6 nitrogen and oxygen atoms in total. The molecule has 106 valence electrons. The van der Waals surface area contributed by atoms with Gasteiger partial charge in [-0.25, -0.2) is 14.7 Å². The number of aromatic amines is 1. The van der Waals surface area contributed by atoms with Gasteiger partial charge in [-0.15, -0.1) is 5.10 Å². The Bertz CT molecular complexity index is 658. The van der Waals surface area contributed by atoms with Crippen LogP contribution < -0.4 is 5.69 Å². The predicted molar refractivity (Wildman–Crippen MR) is 76.2 cm³/mol. The van der Waals surface area contributed by atoms with Crippen molar-refractivity contribution in [2.24, 2.45) is 0 Å². The topological polar surface area (TPSA) is 88.0 Å². The molecule has 0 atom stereocenters. The van der Waals surface area contributed by atoms with Gasteiger partial charge in [-0.2, -0.15) is 0 Å². The molecule has 0 unspecified atom stereocenters. The van der Waals surface area contributed by atoms with Gasteiger partial charge in [0.2, 0.25) is 0 Å². The van der Waals surface area contributed by atoms with Gasteiger partial charge in [0.1, 0.15) is 0 Å². The van der Waals surface area contributed by atoms with Gasteiger partial charge in [0.05, 0.1) is 5.56 Å². The Hall–Kier alpha value is -2.02. The van der Waals surface area contributed by atoms with E-state index in [0.717, 1.165) is 5.56 Å². The van der Waals surface area contributed by atoms with Crippen LogP contribution in [0.15, 0.2) is 34.2 Å². The van der Waals surface area contributed by atoms with Crippen molar-refractivity contribution in [1.29, 1.82) is 0 Å². The van der Waals surface area contributed by atoms with Gasteiger partial charge in [0.15, 0.2) is 5.16 Å². The van der Waals surface area contributed by atoms with Gasteiger partial charge >= 0.3 is 11.7 Å². The maximum Gasteiger partial charge on any atom is 0.344 e. The number of rotatable bonds is 5. The van der Waals surface area contributed by atoms with Crippen molar-refractivity contribution in [1.82, 2.24) is 14.8 Å². The molecule has 20 heavy (non-hydrogen) atoms. The van der Waals surface area contributed by atoms with Gasteiger partial charge in [0.25, 0.3) is 0 Å². The quantitative estimate of drug-likeness (QED) is 0.825. The van der Waals surface area contributed by atoms with E-state index in [2.05, 4.69) is 10.2 Å². The number of nitrogens with zero attached hydrogens (tertiary/aromatic N) is 2. The Labute approximate surface area is 119 Å². The van der Waals surface area contributed by atoms with Gasteiger partial charge in [-0.05, 0) is 31.5 Å². The molecule has 0 radical (unpaired) electrons. The number of carbonyl (C=O) groups is 1. The van der Waals surface area contributed by atoms with Crippen molar-refractivity contribution in [3.05, 3.63) is 45.9 Å². The summed E-state index contributed by atoms with van der Waals surface area (Å²) in [4.78, 5) is 22.3. The van der Waals surface area contributed by atoms with Crippen molar-refractivity contribution in [2.75, 3.05) is 0 Å². The van der Waals surface area contributed by atoms with E-state index in [0.29, 0.717) is 10.9 Å². The van der Waals surface area contributed by atoms with Crippen molar-refractivity contribution in [3.8, 4) is 0 Å². The summed E-state index contributed by atoms with van der Waals surface area (Å²) in [5.41, 5.74) is 1.02. The van der Waals surface area contributed by atoms with Crippen LogP contribution in [-0.2, 0) is 5.75 Å². The average Bonchev–Trinajstić information content (AvgIpc) is 2.78. The lowest BCUT2D eigenvalue weighted by Crippen LogP contribution is -2.19. The molecule has 0 saturated carbocycles. The molecule has 0 saturated heterocycles. The van der Waals surface area contributed by atoms with Crippen LogP contribution in [0.2, 0.25) is 0 Å². The molecule has 0 spiro atoms. The number of hydrogen-bond donors (Lipinski definition) is 2. The molecule has 0 fully saturated rings. The molecule has 2 N–H and O–H groups in total. The molecule has 0 aliphatic carbocycles. The Balaban J connectivity index is 2.09. The predicted octanol–water partition coefficient (Wildman–Crippen LogP) is 2.14. The lowest BCUT2D eigenvalue weighted by atomic mass is 10.1. The highest BCUT2D eigenvalue weighted by molar-refractivity contribution is 7.98. The van der Waals surface area contributed by atoms with Crippen LogP contribution in [0.4, 0.5) is 0 Å². The zero-order chi connectivity index (χ0) is 14.7. The van der Waals surface area contributed by atoms with Crippen LogP contribution in [0, 0.1) is 0 Å². The maximum absolute atomic E-state index is 11.6. The summed E-state index contributed by atoms with van der Waals surface area (Å²) < 4.78 is 1.59. The zero-order valence-corrected chi connectivity index (χ0v) is 12.0. The number of carboxylic acid groups (broad SMARTS) is 1. The summed E-state index contributed by atoms with van der Waals surface area (Å²) >= 11 is 1.44. The number of carboxylic acids is 1. The summed E-state index contributed by atoms with van der Waals surface area (Å²) in [6.07, 6.45) is 0. The van der Waals surface area contributed by atoms with Crippen LogP contribution in [0.25, 0.3) is 0 Å². The smallest absolute Gasteiger partial charge is 0.344 e. The molecule has 0 bridgehead atoms. The van der Waals surface area contributed by atoms with E-state index in [4.69, 9.17) is 5.11 Å². The fraction of sp³-hybridized carbons (Fsp3) is 0.308. The monoisotopic (exact) mass is 293 g/mol. The Kier molecular flexibility index (Phi) is 4.29. The summed E-state index contributed by atoms with van der Waals surface area (Å²) in [6.45, 7) is 3.84. The molecule has 0 aliphatic rings. The Morgan fingerprint density at radius 1 is 1.40 bits per heavy atom. The number of benzene rings is 1. The Morgan fingerprint density at radius 2 is 2.05 bits per heavy atom. The van der Waals surface area contributed by atoms with E-state index in [1.54, 1.807) is 28.8 Å². The minimum absolute atomic E-state index is 0.0399. The summed E-state index contributed by atoms with van der Waals surface area (Å²) in [5, 5.41) is 15.9. The first-order valence-electron chi connectivity index (χ1n) is 6.11. The summed E-state index contributed by atoms with van der Waals surface area (Å²) in [5.74, 6) is -0.318. The molecular formula is C13H15N3O3S. The molecule has 7 heteroatoms. The van der Waals surface area contributed by atoms with Gasteiger partial charge in [0, 0.05) is 11.8 Å². The molecule has 2 aromatic rings. The number of nitrogens with one attached hydrogen (secondary N) is 1. The third-order valence-electron chi connectivity index (χ3n) is 2.76. The SMILES string of the molecule is CC(C)n1c(SCc2ccc(C(=O)O)cc2)n[nH]c1=O. The molecular weight excluding hydrogens is 278 g/mol. The third kappa shape index (κ3) is 3.11. The highest BCUT2D eigenvalue weighted by atomic mass is 32.2. The second-order valence-electron chi connectivity index (χ2n) is 4.57.